The standard InChI is InChI=1S/C17H15F3N4S/c18-17(19,20)12-5-6-15(21-11-12)23-7-9-24(10-8-23)16-22-13-3-1-2-4-14(13)25-16/h1-6,11H,7-10H2. The first kappa shape index (κ1) is 16.1. The number of anilines is 2. The van der Waals surface area contributed by atoms with Gasteiger partial charge in [0.1, 0.15) is 5.82 Å². The first-order chi connectivity index (χ1) is 12.0. The van der Waals surface area contributed by atoms with Gasteiger partial charge in [-0.2, -0.15) is 13.2 Å². The lowest BCUT2D eigenvalue weighted by molar-refractivity contribution is -0.137. The Kier molecular flexibility index (Phi) is 3.99. The van der Waals surface area contributed by atoms with E-state index in [2.05, 4.69) is 20.9 Å². The third-order valence-corrected chi connectivity index (χ3v) is 5.33. The minimum absolute atomic E-state index is 0.581. The molecule has 1 aromatic carbocycles. The fourth-order valence-electron chi connectivity index (χ4n) is 2.86. The van der Waals surface area contributed by atoms with Crippen molar-refractivity contribution in [1.29, 1.82) is 0 Å². The van der Waals surface area contributed by atoms with Gasteiger partial charge in [0, 0.05) is 32.4 Å². The molecular weight excluding hydrogens is 349 g/mol. The van der Waals surface area contributed by atoms with Gasteiger partial charge in [-0.25, -0.2) is 9.97 Å². The lowest BCUT2D eigenvalue weighted by atomic mass is 10.2. The highest BCUT2D eigenvalue weighted by Gasteiger charge is 2.31. The summed E-state index contributed by atoms with van der Waals surface area (Å²) in [6.45, 7) is 2.94. The Hall–Kier alpha value is -2.35. The molecule has 3 heterocycles. The average molecular weight is 364 g/mol. The molecule has 1 aliphatic heterocycles. The molecule has 0 spiro atoms. The van der Waals surface area contributed by atoms with Gasteiger partial charge in [0.2, 0.25) is 0 Å². The van der Waals surface area contributed by atoms with Gasteiger partial charge in [-0.3, -0.25) is 0 Å². The van der Waals surface area contributed by atoms with Gasteiger partial charge in [-0.1, -0.05) is 23.5 Å². The molecule has 130 valence electrons. The molecule has 1 aliphatic rings. The van der Waals surface area contributed by atoms with Crippen LogP contribution in [0.15, 0.2) is 42.6 Å². The van der Waals surface area contributed by atoms with Crippen molar-refractivity contribution in [2.24, 2.45) is 0 Å². The lowest BCUT2D eigenvalue weighted by Crippen LogP contribution is -2.46. The fraction of sp³-hybridized carbons (Fsp3) is 0.294. The molecule has 0 N–H and O–H groups in total. The number of pyridine rings is 1. The molecule has 3 aromatic rings. The molecule has 2 aromatic heterocycles. The van der Waals surface area contributed by atoms with Gasteiger partial charge < -0.3 is 9.80 Å². The summed E-state index contributed by atoms with van der Waals surface area (Å²) in [5.41, 5.74) is 0.277. The number of aromatic nitrogens is 2. The number of alkyl halides is 3. The zero-order valence-electron chi connectivity index (χ0n) is 13.2. The van der Waals surface area contributed by atoms with E-state index in [0.717, 1.165) is 40.7 Å². The number of hydrogen-bond acceptors (Lipinski definition) is 5. The summed E-state index contributed by atoms with van der Waals surface area (Å²) in [5, 5.41) is 0.987. The maximum absolute atomic E-state index is 12.6. The van der Waals surface area contributed by atoms with Crippen LogP contribution in [-0.4, -0.2) is 36.1 Å². The molecule has 1 fully saturated rings. The van der Waals surface area contributed by atoms with E-state index < -0.39 is 11.7 Å². The minimum Gasteiger partial charge on any atom is -0.353 e. The second-order valence-electron chi connectivity index (χ2n) is 5.84. The number of hydrogen-bond donors (Lipinski definition) is 0. The van der Waals surface area contributed by atoms with Crippen LogP contribution in [0.4, 0.5) is 24.1 Å². The van der Waals surface area contributed by atoms with Crippen molar-refractivity contribution in [1.82, 2.24) is 9.97 Å². The topological polar surface area (TPSA) is 32.3 Å². The predicted molar refractivity (Wildman–Crippen MR) is 93.3 cm³/mol. The fourth-order valence-corrected chi connectivity index (χ4v) is 3.88. The normalized spacial score (nSPS) is 15.8. The molecular formula is C17H15F3N4S. The zero-order valence-corrected chi connectivity index (χ0v) is 14.0. The zero-order chi connectivity index (χ0) is 17.4. The van der Waals surface area contributed by atoms with Crippen LogP contribution >= 0.6 is 11.3 Å². The van der Waals surface area contributed by atoms with Crippen LogP contribution in [0.25, 0.3) is 10.2 Å². The summed E-state index contributed by atoms with van der Waals surface area (Å²) in [7, 11) is 0. The Balaban J connectivity index is 1.44. The number of thiazole rings is 1. The van der Waals surface area contributed by atoms with Crippen molar-refractivity contribution >= 4 is 32.5 Å². The molecule has 0 radical (unpaired) electrons. The summed E-state index contributed by atoms with van der Waals surface area (Å²) in [6.07, 6.45) is -3.45. The van der Waals surface area contributed by atoms with Gasteiger partial charge in [0.15, 0.2) is 5.13 Å². The van der Waals surface area contributed by atoms with E-state index in [4.69, 9.17) is 0 Å². The van der Waals surface area contributed by atoms with E-state index in [1.54, 1.807) is 11.3 Å². The van der Waals surface area contributed by atoms with Crippen molar-refractivity contribution in [3.8, 4) is 0 Å². The van der Waals surface area contributed by atoms with Gasteiger partial charge in [-0.15, -0.1) is 0 Å². The van der Waals surface area contributed by atoms with Gasteiger partial charge in [0.05, 0.1) is 15.8 Å². The SMILES string of the molecule is FC(F)(F)c1ccc(N2CCN(c3nc4ccccc4s3)CC2)nc1. The third kappa shape index (κ3) is 3.26. The van der Waals surface area contributed by atoms with Crippen molar-refractivity contribution in [3.05, 3.63) is 48.2 Å². The number of halogens is 3. The molecule has 0 amide bonds. The molecule has 1 saturated heterocycles. The highest BCUT2D eigenvalue weighted by atomic mass is 32.1. The Labute approximate surface area is 146 Å². The third-order valence-electron chi connectivity index (χ3n) is 4.23. The number of nitrogens with zero attached hydrogens (tertiary/aromatic N) is 4. The van der Waals surface area contributed by atoms with Crippen molar-refractivity contribution in [2.45, 2.75) is 6.18 Å². The van der Waals surface area contributed by atoms with Crippen LogP contribution in [-0.2, 0) is 6.18 Å². The van der Waals surface area contributed by atoms with E-state index in [1.807, 2.05) is 23.1 Å². The van der Waals surface area contributed by atoms with E-state index in [-0.39, 0.29) is 0 Å². The number of benzene rings is 1. The van der Waals surface area contributed by atoms with Crippen LogP contribution in [0.2, 0.25) is 0 Å². The van der Waals surface area contributed by atoms with E-state index in [1.165, 1.54) is 6.07 Å². The molecule has 4 rings (SSSR count). The molecule has 8 heteroatoms. The summed E-state index contributed by atoms with van der Waals surface area (Å²) in [4.78, 5) is 12.9. The quantitative estimate of drug-likeness (QED) is 0.687. The second kappa shape index (κ2) is 6.18. The Morgan fingerprint density at radius 1 is 0.920 bits per heavy atom. The van der Waals surface area contributed by atoms with E-state index >= 15 is 0 Å². The van der Waals surface area contributed by atoms with Gasteiger partial charge >= 0.3 is 6.18 Å². The van der Waals surface area contributed by atoms with Gasteiger partial charge in [-0.05, 0) is 24.3 Å². The monoisotopic (exact) mass is 364 g/mol. The molecule has 0 aliphatic carbocycles. The largest absolute Gasteiger partial charge is 0.417 e. The highest BCUT2D eigenvalue weighted by Crippen LogP contribution is 2.31. The molecule has 0 atom stereocenters. The molecule has 0 saturated carbocycles. The smallest absolute Gasteiger partial charge is 0.353 e. The van der Waals surface area contributed by atoms with Crippen LogP contribution in [0.5, 0.6) is 0 Å². The number of para-hydroxylation sites is 1. The first-order valence-electron chi connectivity index (χ1n) is 7.89. The van der Waals surface area contributed by atoms with Gasteiger partial charge in [0.25, 0.3) is 0 Å². The summed E-state index contributed by atoms with van der Waals surface area (Å²) >= 11 is 1.66. The summed E-state index contributed by atoms with van der Waals surface area (Å²) in [5.74, 6) is 0.581. The van der Waals surface area contributed by atoms with E-state index in [9.17, 15) is 13.2 Å². The Bertz CT molecular complexity index is 834. The molecule has 0 unspecified atom stereocenters. The maximum Gasteiger partial charge on any atom is 0.417 e. The van der Waals surface area contributed by atoms with Crippen LogP contribution in [0.1, 0.15) is 5.56 Å². The first-order valence-corrected chi connectivity index (χ1v) is 8.71. The van der Waals surface area contributed by atoms with Crippen LogP contribution in [0.3, 0.4) is 0 Å². The van der Waals surface area contributed by atoms with Crippen LogP contribution in [0, 0.1) is 0 Å². The van der Waals surface area contributed by atoms with E-state index in [0.29, 0.717) is 18.9 Å². The average Bonchev–Trinajstić information content (AvgIpc) is 3.05. The number of fused-ring (bicyclic) bond motifs is 1. The summed E-state index contributed by atoms with van der Waals surface area (Å²) in [6, 6.07) is 10.5. The molecule has 25 heavy (non-hydrogen) atoms. The predicted octanol–water partition coefficient (Wildman–Crippen LogP) is 4.04. The second-order valence-corrected chi connectivity index (χ2v) is 6.85. The Morgan fingerprint density at radius 3 is 2.28 bits per heavy atom. The number of rotatable bonds is 2. The molecule has 0 bridgehead atoms. The van der Waals surface area contributed by atoms with Crippen molar-refractivity contribution in [3.63, 3.8) is 0 Å². The Morgan fingerprint density at radius 2 is 1.64 bits per heavy atom. The molecule has 4 nitrogen and oxygen atoms in total. The van der Waals surface area contributed by atoms with Crippen molar-refractivity contribution in [2.75, 3.05) is 36.0 Å². The minimum atomic E-state index is -4.35. The summed E-state index contributed by atoms with van der Waals surface area (Å²) < 4.78 is 39.0. The lowest BCUT2D eigenvalue weighted by Gasteiger charge is -2.35. The maximum atomic E-state index is 12.6. The number of piperazine rings is 1. The van der Waals surface area contributed by atoms with Crippen molar-refractivity contribution < 1.29 is 13.2 Å². The highest BCUT2D eigenvalue weighted by molar-refractivity contribution is 7.22. The van der Waals surface area contributed by atoms with Crippen LogP contribution < -0.4 is 9.80 Å².